The molecule has 0 aromatic carbocycles. The topological polar surface area (TPSA) is 17.1 Å². The fraction of sp³-hybridized carbons (Fsp3) is 0.500. The summed E-state index contributed by atoms with van der Waals surface area (Å²) in [5.41, 5.74) is 1.02. The highest BCUT2D eigenvalue weighted by Crippen LogP contribution is 2.29. The summed E-state index contributed by atoms with van der Waals surface area (Å²) < 4.78 is 0. The van der Waals surface area contributed by atoms with E-state index in [1.54, 1.807) is 0 Å². The lowest BCUT2D eigenvalue weighted by atomic mass is 9.82. The fourth-order valence-electron chi connectivity index (χ4n) is 1.72. The van der Waals surface area contributed by atoms with Crippen LogP contribution in [-0.2, 0) is 4.79 Å². The highest BCUT2D eigenvalue weighted by atomic mass is 16.1. The van der Waals surface area contributed by atoms with Gasteiger partial charge in [-0.1, -0.05) is 44.2 Å². The Hall–Kier alpha value is -1.11. The molecular formula is C14H20O. The van der Waals surface area contributed by atoms with Gasteiger partial charge in [0.25, 0.3) is 0 Å². The summed E-state index contributed by atoms with van der Waals surface area (Å²) in [6, 6.07) is 0. The third-order valence-electron chi connectivity index (χ3n) is 2.58. The number of carbonyl (C=O) groups excluding carboxylic acids is 1. The Morgan fingerprint density at radius 2 is 2.27 bits per heavy atom. The molecule has 0 atom stereocenters. The summed E-state index contributed by atoms with van der Waals surface area (Å²) in [5.74, 6) is 0.261. The van der Waals surface area contributed by atoms with Crippen molar-refractivity contribution >= 4 is 5.78 Å². The second kappa shape index (κ2) is 5.11. The first-order chi connectivity index (χ1) is 7.05. The van der Waals surface area contributed by atoms with Gasteiger partial charge in [0.05, 0.1) is 0 Å². The molecule has 0 unspecified atom stereocenters. The Kier molecular flexibility index (Phi) is 4.07. The summed E-state index contributed by atoms with van der Waals surface area (Å²) in [6.07, 6.45) is 12.7. The lowest BCUT2D eigenvalue weighted by Gasteiger charge is -2.22. The zero-order valence-electron chi connectivity index (χ0n) is 9.92. The van der Waals surface area contributed by atoms with Crippen LogP contribution in [0.25, 0.3) is 0 Å². The maximum atomic E-state index is 11.8. The van der Waals surface area contributed by atoms with Crippen molar-refractivity contribution in [2.24, 2.45) is 5.41 Å². The number of allylic oxidation sites excluding steroid dienone is 6. The minimum absolute atomic E-state index is 0.139. The van der Waals surface area contributed by atoms with Gasteiger partial charge in [-0.2, -0.15) is 0 Å². The van der Waals surface area contributed by atoms with E-state index < -0.39 is 0 Å². The number of carbonyl (C=O) groups is 1. The third-order valence-corrected chi connectivity index (χ3v) is 2.58. The molecular weight excluding hydrogens is 184 g/mol. The lowest BCUT2D eigenvalue weighted by Crippen LogP contribution is -2.13. The smallest absolute Gasteiger partial charge is 0.162 e. The van der Waals surface area contributed by atoms with Gasteiger partial charge in [0.15, 0.2) is 5.78 Å². The molecule has 0 aromatic heterocycles. The Morgan fingerprint density at radius 3 is 2.87 bits per heavy atom. The number of Topliss-reactive ketones (excluding diaryl/α,β-unsaturated/α-hetero) is 1. The average Bonchev–Trinajstić information content (AvgIpc) is 2.16. The van der Waals surface area contributed by atoms with Gasteiger partial charge in [0.1, 0.15) is 0 Å². The normalized spacial score (nSPS) is 19.3. The minimum Gasteiger partial charge on any atom is -0.294 e. The zero-order chi connectivity index (χ0) is 11.3. The number of ketones is 1. The number of hydrogen-bond acceptors (Lipinski definition) is 1. The van der Waals surface area contributed by atoms with Crippen LogP contribution in [0.15, 0.2) is 36.0 Å². The van der Waals surface area contributed by atoms with E-state index >= 15 is 0 Å². The molecule has 0 aromatic rings. The highest BCUT2D eigenvalue weighted by molar-refractivity contribution is 5.98. The first-order valence-corrected chi connectivity index (χ1v) is 5.59. The van der Waals surface area contributed by atoms with Crippen molar-refractivity contribution in [3.63, 3.8) is 0 Å². The molecule has 0 bridgehead atoms. The van der Waals surface area contributed by atoms with Crippen molar-refractivity contribution in [3.05, 3.63) is 36.0 Å². The number of hydrogen-bond donors (Lipinski definition) is 0. The molecule has 0 amide bonds. The van der Waals surface area contributed by atoms with E-state index in [1.165, 1.54) is 0 Å². The summed E-state index contributed by atoms with van der Waals surface area (Å²) >= 11 is 0. The molecule has 0 N–H and O–H groups in total. The van der Waals surface area contributed by atoms with Crippen molar-refractivity contribution < 1.29 is 4.79 Å². The van der Waals surface area contributed by atoms with Gasteiger partial charge >= 0.3 is 0 Å². The lowest BCUT2D eigenvalue weighted by molar-refractivity contribution is -0.115. The zero-order valence-corrected chi connectivity index (χ0v) is 9.92. The molecule has 82 valence electrons. The Labute approximate surface area is 92.6 Å². The molecule has 0 saturated heterocycles. The summed E-state index contributed by atoms with van der Waals surface area (Å²) in [5, 5.41) is 0. The SMILES string of the molecule is CC=CCCC(=O)C1=CC(C)(C)CC=C1. The molecule has 0 radical (unpaired) electrons. The molecule has 0 heterocycles. The van der Waals surface area contributed by atoms with Crippen molar-refractivity contribution in [3.8, 4) is 0 Å². The van der Waals surface area contributed by atoms with Crippen LogP contribution in [0.3, 0.4) is 0 Å². The van der Waals surface area contributed by atoms with Crippen molar-refractivity contribution in [1.82, 2.24) is 0 Å². The Bertz CT molecular complexity index is 316. The molecule has 15 heavy (non-hydrogen) atoms. The molecule has 1 aliphatic rings. The van der Waals surface area contributed by atoms with E-state index in [4.69, 9.17) is 0 Å². The van der Waals surface area contributed by atoms with Crippen LogP contribution >= 0.6 is 0 Å². The van der Waals surface area contributed by atoms with Crippen LogP contribution in [0.4, 0.5) is 0 Å². The summed E-state index contributed by atoms with van der Waals surface area (Å²) in [7, 11) is 0. The van der Waals surface area contributed by atoms with Gasteiger partial charge < -0.3 is 0 Å². The van der Waals surface area contributed by atoms with Gasteiger partial charge in [0, 0.05) is 12.0 Å². The van der Waals surface area contributed by atoms with Crippen molar-refractivity contribution in [2.75, 3.05) is 0 Å². The van der Waals surface area contributed by atoms with Crippen LogP contribution in [0.5, 0.6) is 0 Å². The van der Waals surface area contributed by atoms with Crippen molar-refractivity contribution in [2.45, 2.75) is 40.0 Å². The monoisotopic (exact) mass is 204 g/mol. The second-order valence-electron chi connectivity index (χ2n) is 4.73. The predicted octanol–water partition coefficient (Wildman–Crippen LogP) is 3.82. The molecule has 0 aliphatic heterocycles. The summed E-state index contributed by atoms with van der Waals surface area (Å²) in [6.45, 7) is 6.30. The quantitative estimate of drug-likeness (QED) is 0.636. The maximum Gasteiger partial charge on any atom is 0.162 e. The van der Waals surface area contributed by atoms with Crippen LogP contribution in [-0.4, -0.2) is 5.78 Å². The molecule has 0 saturated carbocycles. The molecule has 1 rings (SSSR count). The first-order valence-electron chi connectivity index (χ1n) is 5.59. The highest BCUT2D eigenvalue weighted by Gasteiger charge is 2.19. The van der Waals surface area contributed by atoms with Gasteiger partial charge in [-0.3, -0.25) is 4.79 Å². The van der Waals surface area contributed by atoms with Crippen LogP contribution in [0.2, 0.25) is 0 Å². The van der Waals surface area contributed by atoms with Crippen LogP contribution in [0, 0.1) is 5.41 Å². The molecule has 1 nitrogen and oxygen atoms in total. The number of rotatable bonds is 4. The van der Waals surface area contributed by atoms with Crippen LogP contribution in [0.1, 0.15) is 40.0 Å². The summed E-state index contributed by atoms with van der Waals surface area (Å²) in [4.78, 5) is 11.8. The maximum absolute atomic E-state index is 11.8. The molecule has 1 aliphatic carbocycles. The van der Waals surface area contributed by atoms with Gasteiger partial charge in [-0.15, -0.1) is 0 Å². The molecule has 0 fully saturated rings. The average molecular weight is 204 g/mol. The minimum atomic E-state index is 0.139. The van der Waals surface area contributed by atoms with E-state index in [-0.39, 0.29) is 11.2 Å². The first kappa shape index (κ1) is 12.0. The van der Waals surface area contributed by atoms with Crippen molar-refractivity contribution in [1.29, 1.82) is 0 Å². The van der Waals surface area contributed by atoms with Crippen LogP contribution < -0.4 is 0 Å². The van der Waals surface area contributed by atoms with Gasteiger partial charge in [-0.25, -0.2) is 0 Å². The van der Waals surface area contributed by atoms with E-state index in [0.29, 0.717) is 6.42 Å². The van der Waals surface area contributed by atoms with E-state index in [9.17, 15) is 4.79 Å². The van der Waals surface area contributed by atoms with E-state index in [2.05, 4.69) is 26.0 Å². The van der Waals surface area contributed by atoms with E-state index in [1.807, 2.05) is 25.2 Å². The predicted molar refractivity (Wildman–Crippen MR) is 64.7 cm³/mol. The Morgan fingerprint density at radius 1 is 1.53 bits per heavy atom. The third kappa shape index (κ3) is 3.86. The Balaban J connectivity index is 2.60. The van der Waals surface area contributed by atoms with Gasteiger partial charge in [0.2, 0.25) is 0 Å². The van der Waals surface area contributed by atoms with Gasteiger partial charge in [-0.05, 0) is 25.2 Å². The van der Waals surface area contributed by atoms with E-state index in [0.717, 1.165) is 18.4 Å². The second-order valence-corrected chi connectivity index (χ2v) is 4.73. The fourth-order valence-corrected chi connectivity index (χ4v) is 1.72. The molecule has 1 heteroatoms. The largest absolute Gasteiger partial charge is 0.294 e. The standard InChI is InChI=1S/C14H20O/c1-4-5-6-9-13(15)12-8-7-10-14(2,3)11-12/h4-5,7-8,11H,6,9-10H2,1-3H3. The molecule has 0 spiro atoms.